The molecule has 2 rings (SSSR count). The van der Waals surface area contributed by atoms with Crippen molar-refractivity contribution in [3.05, 3.63) is 47.8 Å². The van der Waals surface area contributed by atoms with E-state index in [1.807, 2.05) is 0 Å². The van der Waals surface area contributed by atoms with E-state index in [0.717, 1.165) is 12.1 Å². The molecule has 0 radical (unpaired) electrons. The third-order valence-corrected chi connectivity index (χ3v) is 3.07. The Bertz CT molecular complexity index is 742. The number of para-hydroxylation sites is 1. The first-order valence-corrected chi connectivity index (χ1v) is 6.25. The van der Waals surface area contributed by atoms with Crippen LogP contribution in [0.5, 0.6) is 0 Å². The highest BCUT2D eigenvalue weighted by atomic mass is 19.4. The van der Waals surface area contributed by atoms with Gasteiger partial charge in [0.2, 0.25) is 0 Å². The molecule has 0 spiro atoms. The van der Waals surface area contributed by atoms with E-state index >= 15 is 0 Å². The fraction of sp³-hybridized carbons (Fsp3) is 0.308. The summed E-state index contributed by atoms with van der Waals surface area (Å²) in [7, 11) is 0. The zero-order valence-corrected chi connectivity index (χ0v) is 11.6. The van der Waals surface area contributed by atoms with Gasteiger partial charge in [0.15, 0.2) is 0 Å². The van der Waals surface area contributed by atoms with Crippen LogP contribution >= 0.6 is 0 Å². The van der Waals surface area contributed by atoms with E-state index in [-0.39, 0.29) is 4.68 Å². The Morgan fingerprint density at radius 2 is 1.28 bits per heavy atom. The number of hydrogen-bond donors (Lipinski definition) is 0. The van der Waals surface area contributed by atoms with Crippen LogP contribution in [0, 0.1) is 0 Å². The van der Waals surface area contributed by atoms with Crippen LogP contribution < -0.4 is 0 Å². The van der Waals surface area contributed by atoms with E-state index in [2.05, 4.69) is 5.10 Å². The first kappa shape index (κ1) is 19.1. The topological polar surface area (TPSA) is 17.8 Å². The molecule has 0 saturated heterocycles. The molecule has 138 valence electrons. The second-order valence-electron chi connectivity index (χ2n) is 4.81. The lowest BCUT2D eigenvalue weighted by Gasteiger charge is -2.26. The van der Waals surface area contributed by atoms with Crippen LogP contribution in [0.25, 0.3) is 5.69 Å². The Morgan fingerprint density at radius 1 is 0.760 bits per heavy atom. The SMILES string of the molecule is FC(F)(F)c1cc(C(F)(F)C(F)(F)C(F)(F)F)nn1-c1ccccc1. The summed E-state index contributed by atoms with van der Waals surface area (Å²) in [4.78, 5) is 0. The van der Waals surface area contributed by atoms with Crippen molar-refractivity contribution in [3.63, 3.8) is 0 Å². The Morgan fingerprint density at radius 3 is 1.72 bits per heavy atom. The minimum atomic E-state index is -6.69. The predicted octanol–water partition coefficient (Wildman–Crippen LogP) is 5.18. The monoisotopic (exact) mass is 380 g/mol. The Labute approximate surface area is 132 Å². The van der Waals surface area contributed by atoms with Crippen LogP contribution in [0.3, 0.4) is 0 Å². The molecule has 0 saturated carbocycles. The largest absolute Gasteiger partial charge is 0.460 e. The normalized spacial score (nSPS) is 14.0. The van der Waals surface area contributed by atoms with Crippen molar-refractivity contribution in [2.75, 3.05) is 0 Å². The van der Waals surface area contributed by atoms with E-state index in [1.54, 1.807) is 0 Å². The van der Waals surface area contributed by atoms with Crippen molar-refractivity contribution in [3.8, 4) is 5.69 Å². The van der Waals surface area contributed by atoms with Crippen molar-refractivity contribution >= 4 is 0 Å². The van der Waals surface area contributed by atoms with Crippen LogP contribution in [-0.2, 0) is 12.1 Å². The average Bonchev–Trinajstić information content (AvgIpc) is 2.92. The number of alkyl halides is 10. The zero-order valence-electron chi connectivity index (χ0n) is 11.6. The summed E-state index contributed by atoms with van der Waals surface area (Å²) in [6, 6.07) is 5.16. The molecule has 0 fully saturated rings. The maximum atomic E-state index is 13.6. The molecule has 0 aliphatic heterocycles. The first-order valence-electron chi connectivity index (χ1n) is 6.25. The molecular weight excluding hydrogens is 374 g/mol. The highest BCUT2D eigenvalue weighted by Gasteiger charge is 2.74. The van der Waals surface area contributed by atoms with E-state index < -0.39 is 47.3 Å². The Kier molecular flexibility index (Phi) is 4.29. The third-order valence-electron chi connectivity index (χ3n) is 3.07. The van der Waals surface area contributed by atoms with Crippen LogP contribution in [0.2, 0.25) is 0 Å². The average molecular weight is 380 g/mol. The van der Waals surface area contributed by atoms with Crippen LogP contribution in [-0.4, -0.2) is 21.9 Å². The van der Waals surface area contributed by atoms with Crippen molar-refractivity contribution in [2.45, 2.75) is 24.2 Å². The number of benzene rings is 1. The molecule has 0 aliphatic rings. The summed E-state index contributed by atoms with van der Waals surface area (Å²) in [6.07, 6.45) is -12.0. The first-order chi connectivity index (χ1) is 11.2. The summed E-state index contributed by atoms with van der Waals surface area (Å²) >= 11 is 0. The molecule has 0 aliphatic carbocycles. The number of hydrogen-bond acceptors (Lipinski definition) is 1. The molecule has 0 N–H and O–H groups in total. The van der Waals surface area contributed by atoms with E-state index in [9.17, 15) is 43.9 Å². The van der Waals surface area contributed by atoms with Gasteiger partial charge >= 0.3 is 24.2 Å². The quantitative estimate of drug-likeness (QED) is 0.671. The lowest BCUT2D eigenvalue weighted by Crippen LogP contribution is -2.50. The maximum absolute atomic E-state index is 13.6. The molecule has 25 heavy (non-hydrogen) atoms. The van der Waals surface area contributed by atoms with Gasteiger partial charge in [-0.3, -0.25) is 0 Å². The van der Waals surface area contributed by atoms with Gasteiger partial charge in [0.05, 0.1) is 5.69 Å². The van der Waals surface area contributed by atoms with Crippen molar-refractivity contribution in [2.24, 2.45) is 0 Å². The molecule has 1 aromatic heterocycles. The second kappa shape index (κ2) is 5.63. The summed E-state index contributed by atoms with van der Waals surface area (Å²) in [5, 5.41) is 2.67. The highest BCUT2D eigenvalue weighted by molar-refractivity contribution is 5.35. The van der Waals surface area contributed by atoms with Gasteiger partial charge in [-0.1, -0.05) is 18.2 Å². The second-order valence-corrected chi connectivity index (χ2v) is 4.81. The molecule has 0 atom stereocenters. The summed E-state index contributed by atoms with van der Waals surface area (Å²) in [5.74, 6) is -12.6. The van der Waals surface area contributed by atoms with Crippen molar-refractivity contribution in [1.82, 2.24) is 9.78 Å². The van der Waals surface area contributed by atoms with E-state index in [0.29, 0.717) is 0 Å². The predicted molar refractivity (Wildman–Crippen MR) is 63.5 cm³/mol. The number of nitrogens with zero attached hydrogens (tertiary/aromatic N) is 2. The summed E-state index contributed by atoms with van der Waals surface area (Å²) < 4.78 is 129. The zero-order chi connectivity index (χ0) is 19.3. The van der Waals surface area contributed by atoms with Crippen molar-refractivity contribution < 1.29 is 43.9 Å². The fourth-order valence-electron chi connectivity index (χ4n) is 1.84. The molecule has 0 bridgehead atoms. The minimum Gasteiger partial charge on any atom is -0.228 e. The van der Waals surface area contributed by atoms with Gasteiger partial charge in [-0.2, -0.15) is 49.0 Å². The maximum Gasteiger partial charge on any atom is 0.460 e. The van der Waals surface area contributed by atoms with Gasteiger partial charge in [-0.05, 0) is 18.2 Å². The smallest absolute Gasteiger partial charge is 0.228 e. The molecule has 1 heterocycles. The van der Waals surface area contributed by atoms with Crippen LogP contribution in [0.4, 0.5) is 43.9 Å². The molecule has 12 heteroatoms. The van der Waals surface area contributed by atoms with E-state index in [1.165, 1.54) is 18.2 Å². The molecule has 0 unspecified atom stereocenters. The van der Waals surface area contributed by atoms with Crippen LogP contribution in [0.1, 0.15) is 11.4 Å². The van der Waals surface area contributed by atoms with Gasteiger partial charge in [0.25, 0.3) is 0 Å². The van der Waals surface area contributed by atoms with Gasteiger partial charge in [0.1, 0.15) is 11.4 Å². The fourth-order valence-corrected chi connectivity index (χ4v) is 1.84. The molecule has 0 amide bonds. The van der Waals surface area contributed by atoms with Crippen LogP contribution in [0.15, 0.2) is 36.4 Å². The summed E-state index contributed by atoms with van der Waals surface area (Å²) in [6.45, 7) is 0. The Hall–Kier alpha value is -2.27. The van der Waals surface area contributed by atoms with Gasteiger partial charge < -0.3 is 0 Å². The lowest BCUT2D eigenvalue weighted by atomic mass is 10.1. The Balaban J connectivity index is 2.67. The standard InChI is InChI=1S/C13H6F10N2/c14-10(15,12(19,20)13(21,22)23)8-6-9(11(16,17)18)25(24-8)7-4-2-1-3-5-7/h1-6H. The number of halogens is 10. The minimum absolute atomic E-state index is 0.171. The van der Waals surface area contributed by atoms with Crippen molar-refractivity contribution in [1.29, 1.82) is 0 Å². The summed E-state index contributed by atoms with van der Waals surface area (Å²) in [5.41, 5.74) is -4.73. The van der Waals surface area contributed by atoms with Gasteiger partial charge in [0, 0.05) is 0 Å². The van der Waals surface area contributed by atoms with Gasteiger partial charge in [-0.15, -0.1) is 0 Å². The molecule has 2 nitrogen and oxygen atoms in total. The lowest BCUT2D eigenvalue weighted by molar-refractivity contribution is -0.360. The third kappa shape index (κ3) is 3.16. The molecular formula is C13H6F10N2. The van der Waals surface area contributed by atoms with E-state index in [4.69, 9.17) is 0 Å². The number of aromatic nitrogens is 2. The van der Waals surface area contributed by atoms with Gasteiger partial charge in [-0.25, -0.2) is 4.68 Å². The molecule has 2 aromatic rings. The number of rotatable bonds is 3. The highest BCUT2D eigenvalue weighted by Crippen LogP contribution is 2.52. The molecule has 1 aromatic carbocycles.